The fourth-order valence-corrected chi connectivity index (χ4v) is 4.64. The van der Waals surface area contributed by atoms with Crippen molar-refractivity contribution >= 4 is 12.1 Å². The highest BCUT2D eigenvalue weighted by Gasteiger charge is 2.31. The maximum absolute atomic E-state index is 15.0. The van der Waals surface area contributed by atoms with Crippen molar-refractivity contribution in [3.05, 3.63) is 30.0 Å². The van der Waals surface area contributed by atoms with Crippen LogP contribution in [0, 0.1) is 11.9 Å². The molecule has 0 bridgehead atoms. The Morgan fingerprint density at radius 2 is 1.94 bits per heavy atom. The Labute approximate surface area is 210 Å². The molecule has 2 aromatic rings. The van der Waals surface area contributed by atoms with Crippen LogP contribution in [0.4, 0.5) is 9.18 Å². The second kappa shape index (κ2) is 11.3. The van der Waals surface area contributed by atoms with E-state index in [0.29, 0.717) is 23.4 Å². The summed E-state index contributed by atoms with van der Waals surface area (Å²) in [5.74, 6) is -1.17. The van der Waals surface area contributed by atoms with Crippen LogP contribution in [-0.2, 0) is 27.9 Å². The van der Waals surface area contributed by atoms with Crippen molar-refractivity contribution in [2.45, 2.75) is 83.6 Å². The minimum atomic E-state index is -0.740. The predicted octanol–water partition coefficient (Wildman–Crippen LogP) is 4.63. The molecule has 2 aliphatic rings. The number of nitrogens with zero attached hydrogens (tertiary/aromatic N) is 4. The first-order valence-electron chi connectivity index (χ1n) is 12.7. The Hall–Kier alpha value is -3.17. The van der Waals surface area contributed by atoms with Crippen LogP contribution in [0.25, 0.3) is 11.3 Å². The van der Waals surface area contributed by atoms with Crippen LogP contribution in [0.2, 0.25) is 0 Å². The number of aryl methyl sites for hydroxylation is 1. The molecule has 36 heavy (non-hydrogen) atoms. The molecule has 4 rings (SSSR count). The number of halogens is 1. The third-order valence-electron chi connectivity index (χ3n) is 7.00. The van der Waals surface area contributed by atoms with E-state index in [1.165, 1.54) is 0 Å². The van der Waals surface area contributed by atoms with Crippen molar-refractivity contribution in [3.8, 4) is 17.0 Å². The van der Waals surface area contributed by atoms with Gasteiger partial charge in [0.05, 0.1) is 35.7 Å². The van der Waals surface area contributed by atoms with E-state index in [0.717, 1.165) is 38.5 Å². The lowest BCUT2D eigenvalue weighted by molar-refractivity contribution is -0.154. The van der Waals surface area contributed by atoms with Crippen LogP contribution in [0.15, 0.2) is 18.3 Å². The van der Waals surface area contributed by atoms with E-state index in [1.54, 1.807) is 42.0 Å². The molecule has 9 nitrogen and oxygen atoms in total. The number of hydrogen-bond acceptors (Lipinski definition) is 7. The zero-order valence-electron chi connectivity index (χ0n) is 21.4. The van der Waals surface area contributed by atoms with Crippen molar-refractivity contribution in [2.75, 3.05) is 7.05 Å². The molecule has 0 saturated heterocycles. The largest absolute Gasteiger partial charge is 0.486 e. The lowest BCUT2D eigenvalue weighted by atomic mass is 9.87. The lowest BCUT2D eigenvalue weighted by Gasteiger charge is -2.33. The zero-order valence-corrected chi connectivity index (χ0v) is 21.4. The van der Waals surface area contributed by atoms with Crippen LogP contribution in [0.5, 0.6) is 5.75 Å². The molecule has 10 heteroatoms. The number of carbonyl (C=O) groups is 2. The summed E-state index contributed by atoms with van der Waals surface area (Å²) in [6.07, 6.45) is 6.61. The second-order valence-electron chi connectivity index (χ2n) is 9.95. The highest BCUT2D eigenvalue weighted by atomic mass is 19.1. The van der Waals surface area contributed by atoms with Gasteiger partial charge in [-0.15, -0.1) is 0 Å². The second-order valence-corrected chi connectivity index (χ2v) is 9.95. The predicted molar refractivity (Wildman–Crippen MR) is 130 cm³/mol. The van der Waals surface area contributed by atoms with Crippen LogP contribution in [-0.4, -0.2) is 57.0 Å². The maximum Gasteiger partial charge on any atom is 0.410 e. The van der Waals surface area contributed by atoms with E-state index in [2.05, 4.69) is 10.1 Å². The van der Waals surface area contributed by atoms with Gasteiger partial charge in [-0.25, -0.2) is 9.78 Å². The van der Waals surface area contributed by atoms with Gasteiger partial charge in [-0.3, -0.25) is 9.48 Å². The quantitative estimate of drug-likeness (QED) is 0.384. The van der Waals surface area contributed by atoms with Crippen molar-refractivity contribution in [1.29, 1.82) is 0 Å². The molecule has 2 aliphatic carbocycles. The van der Waals surface area contributed by atoms with Gasteiger partial charge in [0.2, 0.25) is 0 Å². The first kappa shape index (κ1) is 25.9. The summed E-state index contributed by atoms with van der Waals surface area (Å²) in [6.45, 7) is 3.64. The standard InChI is InChI=1S/C26H35FN4O5/c1-16(2)35-25(32)17-7-5-10-19(13-17)36-23-12-11-21(29-24(23)27)20-14-28-31(4)22(20)15-34-26(33)30(3)18-8-6-9-18/h11-12,14,16-19H,5-10,13,15H2,1-4H3/t17-,19-/m0/s1. The van der Waals surface area contributed by atoms with Gasteiger partial charge in [0.25, 0.3) is 5.95 Å². The van der Waals surface area contributed by atoms with Crippen LogP contribution in [0.1, 0.15) is 64.5 Å². The first-order valence-corrected chi connectivity index (χ1v) is 12.7. The van der Waals surface area contributed by atoms with E-state index >= 15 is 0 Å². The minimum Gasteiger partial charge on any atom is -0.486 e. The third kappa shape index (κ3) is 5.96. The van der Waals surface area contributed by atoms with Crippen LogP contribution >= 0.6 is 0 Å². The number of ether oxygens (including phenoxy) is 3. The fourth-order valence-electron chi connectivity index (χ4n) is 4.64. The summed E-state index contributed by atoms with van der Waals surface area (Å²) in [7, 11) is 3.48. The highest BCUT2D eigenvalue weighted by molar-refractivity contribution is 5.72. The van der Waals surface area contributed by atoms with E-state index in [9.17, 15) is 14.0 Å². The van der Waals surface area contributed by atoms with E-state index < -0.39 is 12.0 Å². The number of rotatable bonds is 8. The fraction of sp³-hybridized carbons (Fsp3) is 0.615. The smallest absolute Gasteiger partial charge is 0.410 e. The Morgan fingerprint density at radius 1 is 1.19 bits per heavy atom. The van der Waals surface area contributed by atoms with E-state index in [-0.39, 0.29) is 42.5 Å². The maximum atomic E-state index is 15.0. The highest BCUT2D eigenvalue weighted by Crippen LogP contribution is 2.31. The van der Waals surface area contributed by atoms with Crippen molar-refractivity contribution in [1.82, 2.24) is 19.7 Å². The monoisotopic (exact) mass is 502 g/mol. The number of hydrogen-bond donors (Lipinski definition) is 0. The molecule has 2 saturated carbocycles. The van der Waals surface area contributed by atoms with Gasteiger partial charge in [-0.2, -0.15) is 9.49 Å². The molecule has 0 N–H and O–H groups in total. The molecule has 0 aromatic carbocycles. The van der Waals surface area contributed by atoms with Crippen molar-refractivity contribution < 1.29 is 28.2 Å². The van der Waals surface area contributed by atoms with Crippen molar-refractivity contribution in [2.24, 2.45) is 13.0 Å². The molecule has 196 valence electrons. The van der Waals surface area contributed by atoms with E-state index in [1.807, 2.05) is 13.8 Å². The number of aromatic nitrogens is 3. The Kier molecular flexibility index (Phi) is 8.11. The van der Waals surface area contributed by atoms with Crippen LogP contribution < -0.4 is 4.74 Å². The lowest BCUT2D eigenvalue weighted by Crippen LogP contribution is -2.41. The molecule has 0 aliphatic heterocycles. The summed E-state index contributed by atoms with van der Waals surface area (Å²) in [6, 6.07) is 3.43. The number of amides is 1. The van der Waals surface area contributed by atoms with Gasteiger partial charge in [0, 0.05) is 25.7 Å². The average molecular weight is 503 g/mol. The molecule has 0 radical (unpaired) electrons. The number of carbonyl (C=O) groups excluding carboxylic acids is 2. The molecule has 0 spiro atoms. The Bertz CT molecular complexity index is 1080. The molecule has 2 atom stereocenters. The molecule has 1 amide bonds. The molecule has 2 heterocycles. The first-order chi connectivity index (χ1) is 17.2. The summed E-state index contributed by atoms with van der Waals surface area (Å²) < 4.78 is 33.3. The molecular formula is C26H35FN4O5. The SMILES string of the molecule is CC(C)OC(=O)[C@H]1CCC[C@H](Oc2ccc(-c3cnn(C)c3COC(=O)N(C)C3CCC3)nc2F)C1. The van der Waals surface area contributed by atoms with Gasteiger partial charge >= 0.3 is 12.1 Å². The number of pyridine rings is 1. The minimum absolute atomic E-state index is 0.000777. The molecule has 0 unspecified atom stereocenters. The Balaban J connectivity index is 1.40. The molecule has 2 fully saturated rings. The Morgan fingerprint density at radius 3 is 2.61 bits per heavy atom. The zero-order chi connectivity index (χ0) is 25.8. The summed E-state index contributed by atoms with van der Waals surface area (Å²) >= 11 is 0. The number of esters is 1. The van der Waals surface area contributed by atoms with Gasteiger partial charge in [0.1, 0.15) is 6.61 Å². The van der Waals surface area contributed by atoms with Gasteiger partial charge in [-0.1, -0.05) is 0 Å². The van der Waals surface area contributed by atoms with Gasteiger partial charge < -0.3 is 19.1 Å². The van der Waals surface area contributed by atoms with Crippen LogP contribution in [0.3, 0.4) is 0 Å². The van der Waals surface area contributed by atoms with E-state index in [4.69, 9.17) is 14.2 Å². The average Bonchev–Trinajstić information content (AvgIpc) is 3.17. The topological polar surface area (TPSA) is 95.8 Å². The summed E-state index contributed by atoms with van der Waals surface area (Å²) in [5.41, 5.74) is 1.56. The van der Waals surface area contributed by atoms with Gasteiger partial charge in [0.15, 0.2) is 5.75 Å². The van der Waals surface area contributed by atoms with Gasteiger partial charge in [-0.05, 0) is 70.9 Å². The summed E-state index contributed by atoms with van der Waals surface area (Å²) in [4.78, 5) is 30.4. The van der Waals surface area contributed by atoms with Crippen molar-refractivity contribution in [3.63, 3.8) is 0 Å². The molecule has 2 aromatic heterocycles. The molecular weight excluding hydrogens is 467 g/mol. The third-order valence-corrected chi connectivity index (χ3v) is 7.00. The normalized spacial score (nSPS) is 20.1. The summed E-state index contributed by atoms with van der Waals surface area (Å²) in [5, 5.41) is 4.24.